The summed E-state index contributed by atoms with van der Waals surface area (Å²) in [6, 6.07) is 0. The summed E-state index contributed by atoms with van der Waals surface area (Å²) in [6.07, 6.45) is 1.90. The summed E-state index contributed by atoms with van der Waals surface area (Å²) in [5.74, 6) is 0. The molecule has 4 heavy (non-hydrogen) atoms. The first-order chi connectivity index (χ1) is 1.89. The number of hydrogen-bond acceptors (Lipinski definition) is 1. The van der Waals surface area contributed by atoms with E-state index in [4.69, 9.17) is 0 Å². The van der Waals surface area contributed by atoms with Gasteiger partial charge in [0, 0.05) is 6.21 Å². The van der Waals surface area contributed by atoms with Gasteiger partial charge in [-0.3, -0.25) is 4.99 Å². The molecule has 1 atom stereocenters. The van der Waals surface area contributed by atoms with E-state index in [0.717, 1.165) is 0 Å². The second-order valence-corrected chi connectivity index (χ2v) is 1.95. The first-order valence-electron chi connectivity index (χ1n) is 1.07. The van der Waals surface area contributed by atoms with Gasteiger partial charge in [0.2, 0.25) is 0 Å². The number of aliphatic imine (C=N–C) groups is 1. The minimum Gasteiger partial charge on any atom is -0.275 e. The summed E-state index contributed by atoms with van der Waals surface area (Å²) in [5, 5.41) is 0. The lowest BCUT2D eigenvalue weighted by atomic mass is 11.0. The first-order valence-corrected chi connectivity index (χ1v) is 2.31. The monoisotopic (exact) mass is 167 g/mol. The van der Waals surface area contributed by atoms with Crippen molar-refractivity contribution in [1.82, 2.24) is 0 Å². The van der Waals surface area contributed by atoms with Crippen molar-refractivity contribution < 1.29 is 0 Å². The van der Waals surface area contributed by atoms with Crippen molar-refractivity contribution in [2.24, 2.45) is 4.99 Å². The van der Waals surface area contributed by atoms with Crippen LogP contribution in [0.4, 0.5) is 0 Å². The maximum atomic E-state index is 3.76. The van der Waals surface area contributed by atoms with Gasteiger partial charge in [-0.2, -0.15) is 0 Å². The molecule has 1 unspecified atom stereocenters. The van der Waals surface area contributed by atoms with Crippen LogP contribution in [0.25, 0.3) is 0 Å². The predicted molar refractivity (Wildman–Crippen MR) is 26.3 cm³/mol. The van der Waals surface area contributed by atoms with Gasteiger partial charge in [-0.25, -0.2) is 0 Å². The second-order valence-electron chi connectivity index (χ2n) is 0.671. The lowest BCUT2D eigenvalue weighted by Crippen LogP contribution is -1.55. The third kappa shape index (κ3) is 0.407. The summed E-state index contributed by atoms with van der Waals surface area (Å²) in [7, 11) is 0. The summed E-state index contributed by atoms with van der Waals surface area (Å²) >= 11 is 2.23. The summed E-state index contributed by atoms with van der Waals surface area (Å²) in [6.45, 7) is 0. The number of alkyl halides is 1. The van der Waals surface area contributed by atoms with E-state index in [1.54, 1.807) is 0 Å². The predicted octanol–water partition coefficient (Wildman–Crippen LogP) is 0.832. The fourth-order valence-electron chi connectivity index (χ4n) is 0.0325. The molecule has 1 rings (SSSR count). The molecule has 0 aliphatic carbocycles. The highest BCUT2D eigenvalue weighted by molar-refractivity contribution is 14.1. The highest BCUT2D eigenvalue weighted by Gasteiger charge is 2.02. The minimum absolute atomic E-state index is 0.553. The third-order valence-electron chi connectivity index (χ3n) is 0.262. The van der Waals surface area contributed by atoms with Crippen LogP contribution in [0, 0.1) is 0 Å². The molecule has 0 bridgehead atoms. The van der Waals surface area contributed by atoms with Crippen LogP contribution in [0.15, 0.2) is 4.99 Å². The van der Waals surface area contributed by atoms with Gasteiger partial charge < -0.3 is 0 Å². The fourth-order valence-corrected chi connectivity index (χ4v) is 0.218. The van der Waals surface area contributed by atoms with Gasteiger partial charge in [-0.05, 0) is 0 Å². The Morgan fingerprint density at radius 1 is 2.00 bits per heavy atom. The Bertz CT molecular complexity index is 44.0. The zero-order valence-electron chi connectivity index (χ0n) is 1.98. The highest BCUT2D eigenvalue weighted by Crippen LogP contribution is 2.07. The lowest BCUT2D eigenvalue weighted by molar-refractivity contribution is 1.53. The van der Waals surface area contributed by atoms with Gasteiger partial charge in [0.15, 0.2) is 0 Å². The van der Waals surface area contributed by atoms with E-state index in [0.29, 0.717) is 4.05 Å². The third-order valence-corrected chi connectivity index (χ3v) is 0.905. The molecule has 1 aliphatic heterocycles. The number of hydrogen-bond donors (Lipinski definition) is 0. The summed E-state index contributed by atoms with van der Waals surface area (Å²) in [4.78, 5) is 3.76. The Morgan fingerprint density at radius 3 is 2.25 bits per heavy atom. The van der Waals surface area contributed by atoms with Crippen LogP contribution < -0.4 is 0 Å². The van der Waals surface area contributed by atoms with Crippen LogP contribution in [-0.4, -0.2) is 10.3 Å². The quantitative estimate of drug-likeness (QED) is 0.288. The molecule has 0 spiro atoms. The Morgan fingerprint density at radius 2 is 2.25 bits per heavy atom. The summed E-state index contributed by atoms with van der Waals surface area (Å²) in [5.41, 5.74) is 0. The second kappa shape index (κ2) is 0.672. The number of nitrogens with zero attached hydrogens (tertiary/aromatic N) is 1. The Balaban J connectivity index is 2.32. The molecule has 1 aliphatic rings. The molecule has 1 heterocycles. The maximum Gasteiger partial charge on any atom is 0.135 e. The molecule has 0 fully saturated rings. The maximum absolute atomic E-state index is 3.76. The van der Waals surface area contributed by atoms with Crippen LogP contribution in [0.2, 0.25) is 0 Å². The van der Waals surface area contributed by atoms with Crippen LogP contribution in [0.5, 0.6) is 0 Å². The molecule has 1 nitrogen and oxygen atoms in total. The Labute approximate surface area is 38.3 Å². The average molecular weight is 167 g/mol. The van der Waals surface area contributed by atoms with Crippen molar-refractivity contribution in [2.45, 2.75) is 4.05 Å². The molecular formula is C2H2IN. The van der Waals surface area contributed by atoms with Gasteiger partial charge >= 0.3 is 0 Å². The minimum atomic E-state index is 0.553. The molecule has 0 aromatic rings. The number of halogens is 1. The van der Waals surface area contributed by atoms with Crippen molar-refractivity contribution in [3.8, 4) is 0 Å². The van der Waals surface area contributed by atoms with E-state index in [2.05, 4.69) is 27.6 Å². The topological polar surface area (TPSA) is 12.4 Å². The van der Waals surface area contributed by atoms with Crippen molar-refractivity contribution in [3.63, 3.8) is 0 Å². The van der Waals surface area contributed by atoms with Crippen LogP contribution >= 0.6 is 22.6 Å². The molecule has 0 saturated carbocycles. The van der Waals surface area contributed by atoms with E-state index in [1.165, 1.54) is 0 Å². The van der Waals surface area contributed by atoms with Crippen molar-refractivity contribution >= 4 is 28.8 Å². The molecule has 22 valence electrons. The molecule has 0 radical (unpaired) electrons. The standard InChI is InChI=1S/C2H2IN/c3-2-1-4-2/h1-2H. The van der Waals surface area contributed by atoms with Crippen molar-refractivity contribution in [3.05, 3.63) is 0 Å². The SMILES string of the molecule is IC1C=N1. The lowest BCUT2D eigenvalue weighted by Gasteiger charge is -1.51. The number of rotatable bonds is 0. The van der Waals surface area contributed by atoms with Crippen LogP contribution in [-0.2, 0) is 0 Å². The van der Waals surface area contributed by atoms with Gasteiger partial charge in [-0.15, -0.1) is 0 Å². The van der Waals surface area contributed by atoms with Crippen LogP contribution in [0.1, 0.15) is 0 Å². The normalized spacial score (nSPS) is 35.8. The van der Waals surface area contributed by atoms with E-state index < -0.39 is 0 Å². The average Bonchev–Trinajstić information content (AvgIpc) is 1.75. The van der Waals surface area contributed by atoms with E-state index in [-0.39, 0.29) is 0 Å². The molecule has 2 heteroatoms. The first kappa shape index (κ1) is 2.63. The molecule has 0 saturated heterocycles. The van der Waals surface area contributed by atoms with Gasteiger partial charge in [-0.1, -0.05) is 22.6 Å². The molecule has 0 amide bonds. The molecule has 0 aromatic heterocycles. The molecule has 0 aromatic carbocycles. The van der Waals surface area contributed by atoms with E-state index in [1.807, 2.05) is 6.21 Å². The largest absolute Gasteiger partial charge is 0.275 e. The van der Waals surface area contributed by atoms with Crippen molar-refractivity contribution in [1.29, 1.82) is 0 Å². The highest BCUT2D eigenvalue weighted by atomic mass is 127. The van der Waals surface area contributed by atoms with E-state index in [9.17, 15) is 0 Å². The van der Waals surface area contributed by atoms with Gasteiger partial charge in [0.1, 0.15) is 4.05 Å². The zero-order valence-corrected chi connectivity index (χ0v) is 4.14. The van der Waals surface area contributed by atoms with Crippen LogP contribution in [0.3, 0.4) is 0 Å². The Kier molecular flexibility index (Phi) is 0.441. The Hall–Kier alpha value is 0.400. The molecule has 0 N–H and O–H groups in total. The summed E-state index contributed by atoms with van der Waals surface area (Å²) < 4.78 is 0.553. The van der Waals surface area contributed by atoms with E-state index >= 15 is 0 Å². The molecular weight excluding hydrogens is 165 g/mol. The van der Waals surface area contributed by atoms with Gasteiger partial charge in [0.25, 0.3) is 0 Å². The smallest absolute Gasteiger partial charge is 0.135 e. The zero-order chi connectivity index (χ0) is 2.99. The fraction of sp³-hybridized carbons (Fsp3) is 0.500. The van der Waals surface area contributed by atoms with Crippen molar-refractivity contribution in [2.75, 3.05) is 0 Å². The van der Waals surface area contributed by atoms with Gasteiger partial charge in [0.05, 0.1) is 0 Å².